The third-order valence-corrected chi connectivity index (χ3v) is 5.77. The molecule has 0 fully saturated rings. The second-order valence-electron chi connectivity index (χ2n) is 6.21. The van der Waals surface area contributed by atoms with E-state index in [-0.39, 0.29) is 40.1 Å². The predicted octanol–water partition coefficient (Wildman–Crippen LogP) is 1.86. The van der Waals surface area contributed by atoms with Gasteiger partial charge in [-0.1, -0.05) is 23.7 Å². The minimum Gasteiger partial charge on any atom is -0.456 e. The summed E-state index contributed by atoms with van der Waals surface area (Å²) in [6.45, 7) is -0.701. The minimum absolute atomic E-state index is 0.00972. The van der Waals surface area contributed by atoms with Crippen molar-refractivity contribution in [3.05, 3.63) is 63.2 Å². The molecular formula is C18H15ClN4O7S. The Kier molecular flexibility index (Phi) is 6.51. The van der Waals surface area contributed by atoms with Gasteiger partial charge in [0.15, 0.2) is 6.61 Å². The molecule has 0 atom stereocenters. The summed E-state index contributed by atoms with van der Waals surface area (Å²) in [6.07, 6.45) is -0.196. The van der Waals surface area contributed by atoms with Gasteiger partial charge in [-0.05, 0) is 18.2 Å². The van der Waals surface area contributed by atoms with E-state index < -0.39 is 33.4 Å². The number of carbonyl (C=O) groups excluding carboxylic acids is 2. The average Bonchev–Trinajstić information content (AvgIpc) is 2.98. The number of rotatable bonds is 7. The normalized spacial score (nSPS) is 15.1. The molecule has 2 aromatic carbocycles. The lowest BCUT2D eigenvalue weighted by atomic mass is 10.2. The van der Waals surface area contributed by atoms with Crippen LogP contribution in [-0.2, 0) is 24.3 Å². The van der Waals surface area contributed by atoms with E-state index >= 15 is 0 Å². The first-order chi connectivity index (χ1) is 14.7. The maximum absolute atomic E-state index is 12.0. The molecular weight excluding hydrogens is 452 g/mol. The van der Waals surface area contributed by atoms with Crippen molar-refractivity contribution in [1.29, 1.82) is 0 Å². The molecule has 1 amide bonds. The largest absolute Gasteiger partial charge is 0.456 e. The maximum Gasteiger partial charge on any atom is 0.308 e. The third-order valence-electron chi connectivity index (χ3n) is 4.05. The minimum atomic E-state index is -3.67. The summed E-state index contributed by atoms with van der Waals surface area (Å²) >= 11 is 5.89. The summed E-state index contributed by atoms with van der Waals surface area (Å²) in [5.74, 6) is -1.35. The van der Waals surface area contributed by atoms with Crippen molar-refractivity contribution in [2.75, 3.05) is 18.5 Å². The number of esters is 1. The molecule has 0 saturated carbocycles. The number of non-ortho nitro benzene ring substituents is 1. The van der Waals surface area contributed by atoms with Gasteiger partial charge >= 0.3 is 5.97 Å². The van der Waals surface area contributed by atoms with Crippen LogP contribution in [0.3, 0.4) is 0 Å². The van der Waals surface area contributed by atoms with Gasteiger partial charge in [-0.25, -0.2) is 8.42 Å². The average molecular weight is 467 g/mol. The standard InChI is InChI=1S/C18H15ClN4O7S/c19-13-6-5-11(23(26)27)9-14(13)21-16(24)10-30-17(25)7-8-20-18-12-3-1-2-4-15(12)31(28,29)22-18/h1-6,9H,7-8,10H2,(H,20,22)(H,21,24). The zero-order valence-electron chi connectivity index (χ0n) is 15.7. The molecule has 31 heavy (non-hydrogen) atoms. The number of anilines is 1. The number of nitrogens with one attached hydrogen (secondary N) is 2. The van der Waals surface area contributed by atoms with E-state index in [1.165, 1.54) is 18.2 Å². The Balaban J connectivity index is 1.50. The monoisotopic (exact) mass is 466 g/mol. The van der Waals surface area contributed by atoms with Crippen LogP contribution >= 0.6 is 11.6 Å². The van der Waals surface area contributed by atoms with Crippen LogP contribution in [0.2, 0.25) is 5.02 Å². The Morgan fingerprint density at radius 1 is 1.23 bits per heavy atom. The van der Waals surface area contributed by atoms with Crippen LogP contribution in [0.5, 0.6) is 0 Å². The first-order valence-electron chi connectivity index (χ1n) is 8.73. The molecule has 0 unspecified atom stereocenters. The Bertz CT molecular complexity index is 1200. The highest BCUT2D eigenvalue weighted by Gasteiger charge is 2.30. The van der Waals surface area contributed by atoms with Gasteiger partial charge in [-0.15, -0.1) is 0 Å². The lowest BCUT2D eigenvalue weighted by Crippen LogP contribution is -2.23. The zero-order chi connectivity index (χ0) is 22.6. The summed E-state index contributed by atoms with van der Waals surface area (Å²) in [6, 6.07) is 9.81. The van der Waals surface area contributed by atoms with Crippen LogP contribution < -0.4 is 10.0 Å². The van der Waals surface area contributed by atoms with E-state index in [0.717, 1.165) is 6.07 Å². The molecule has 3 rings (SSSR count). The summed E-state index contributed by atoms with van der Waals surface area (Å²) in [5.41, 5.74) is 0.152. The van der Waals surface area contributed by atoms with Crippen LogP contribution in [0.15, 0.2) is 52.4 Å². The maximum atomic E-state index is 12.0. The van der Waals surface area contributed by atoms with Crippen molar-refractivity contribution >= 4 is 50.7 Å². The first kappa shape index (κ1) is 22.2. The Morgan fingerprint density at radius 3 is 2.71 bits per heavy atom. The van der Waals surface area contributed by atoms with Crippen molar-refractivity contribution in [3.8, 4) is 0 Å². The summed E-state index contributed by atoms with van der Waals surface area (Å²) in [5, 5.41) is 13.2. The van der Waals surface area contributed by atoms with E-state index in [1.807, 2.05) is 0 Å². The number of nitro benzene ring substituents is 1. The number of nitro groups is 1. The van der Waals surface area contributed by atoms with Crippen LogP contribution in [0.25, 0.3) is 0 Å². The van der Waals surface area contributed by atoms with Crippen LogP contribution in [-0.4, -0.2) is 44.2 Å². The lowest BCUT2D eigenvalue weighted by Gasteiger charge is -2.08. The molecule has 0 spiro atoms. The number of hydrogen-bond acceptors (Lipinski definition) is 8. The molecule has 2 N–H and O–H groups in total. The Morgan fingerprint density at radius 2 is 1.97 bits per heavy atom. The number of ether oxygens (including phenoxy) is 1. The number of sulfonamides is 1. The highest BCUT2D eigenvalue weighted by Crippen LogP contribution is 2.26. The molecule has 0 aromatic heterocycles. The SMILES string of the molecule is O=C(COC(=O)CCN=C1NS(=O)(=O)c2ccccc21)Nc1cc([N+](=O)[O-])ccc1Cl. The van der Waals surface area contributed by atoms with E-state index in [2.05, 4.69) is 15.0 Å². The third kappa shape index (κ3) is 5.35. The number of fused-ring (bicyclic) bond motifs is 1. The van der Waals surface area contributed by atoms with Crippen molar-refractivity contribution < 1.29 is 27.7 Å². The second kappa shape index (κ2) is 9.10. The van der Waals surface area contributed by atoms with Gasteiger partial charge in [-0.3, -0.25) is 29.4 Å². The number of carbonyl (C=O) groups is 2. The number of nitrogens with zero attached hydrogens (tertiary/aromatic N) is 2. The topological polar surface area (TPSA) is 157 Å². The van der Waals surface area contributed by atoms with Crippen LogP contribution in [0, 0.1) is 10.1 Å². The molecule has 13 heteroatoms. The Hall–Kier alpha value is -3.51. The second-order valence-corrected chi connectivity index (χ2v) is 8.27. The first-order valence-corrected chi connectivity index (χ1v) is 10.6. The van der Waals surface area contributed by atoms with Gasteiger partial charge in [0.1, 0.15) is 5.84 Å². The van der Waals surface area contributed by atoms with E-state index in [0.29, 0.717) is 5.56 Å². The van der Waals surface area contributed by atoms with Crippen LogP contribution in [0.1, 0.15) is 12.0 Å². The highest BCUT2D eigenvalue weighted by atomic mass is 35.5. The molecule has 1 aliphatic heterocycles. The molecule has 0 radical (unpaired) electrons. The van der Waals surface area contributed by atoms with E-state index in [4.69, 9.17) is 16.3 Å². The fourth-order valence-electron chi connectivity index (χ4n) is 2.64. The number of benzene rings is 2. The van der Waals surface area contributed by atoms with E-state index in [1.54, 1.807) is 18.2 Å². The summed E-state index contributed by atoms with van der Waals surface area (Å²) in [7, 11) is -3.67. The van der Waals surface area contributed by atoms with Gasteiger partial charge in [0, 0.05) is 17.7 Å². The summed E-state index contributed by atoms with van der Waals surface area (Å²) < 4.78 is 31.1. The molecule has 0 bridgehead atoms. The molecule has 1 aliphatic rings. The number of halogens is 1. The molecule has 2 aromatic rings. The van der Waals surface area contributed by atoms with Crippen molar-refractivity contribution in [3.63, 3.8) is 0 Å². The number of aliphatic imine (C=N–C) groups is 1. The van der Waals surface area contributed by atoms with Gasteiger partial charge in [-0.2, -0.15) is 0 Å². The van der Waals surface area contributed by atoms with Gasteiger partial charge in [0.2, 0.25) is 0 Å². The number of hydrogen-bond donors (Lipinski definition) is 2. The van der Waals surface area contributed by atoms with Crippen molar-refractivity contribution in [1.82, 2.24) is 4.72 Å². The number of amides is 1. The van der Waals surface area contributed by atoms with Crippen LogP contribution in [0.4, 0.5) is 11.4 Å². The highest BCUT2D eigenvalue weighted by molar-refractivity contribution is 7.90. The van der Waals surface area contributed by atoms with Gasteiger partial charge < -0.3 is 10.1 Å². The quantitative estimate of drug-likeness (QED) is 0.358. The lowest BCUT2D eigenvalue weighted by molar-refractivity contribution is -0.384. The summed E-state index contributed by atoms with van der Waals surface area (Å²) in [4.78, 5) is 38.1. The molecule has 162 valence electrons. The predicted molar refractivity (Wildman–Crippen MR) is 110 cm³/mol. The zero-order valence-corrected chi connectivity index (χ0v) is 17.3. The Labute approximate surface area is 181 Å². The smallest absolute Gasteiger partial charge is 0.308 e. The van der Waals surface area contributed by atoms with Crippen molar-refractivity contribution in [2.45, 2.75) is 11.3 Å². The van der Waals surface area contributed by atoms with E-state index in [9.17, 15) is 28.1 Å². The van der Waals surface area contributed by atoms with Gasteiger partial charge in [0.25, 0.3) is 21.6 Å². The molecule has 0 aliphatic carbocycles. The van der Waals surface area contributed by atoms with Crippen molar-refractivity contribution in [2.24, 2.45) is 4.99 Å². The molecule has 11 nitrogen and oxygen atoms in total. The number of amidine groups is 1. The van der Waals surface area contributed by atoms with Gasteiger partial charge in [0.05, 0.1) is 33.5 Å². The fraction of sp³-hybridized carbons (Fsp3) is 0.167. The molecule has 0 saturated heterocycles. The fourth-order valence-corrected chi connectivity index (χ4v) is 4.05. The molecule has 1 heterocycles.